The van der Waals surface area contributed by atoms with Crippen LogP contribution in [0.1, 0.15) is 0 Å². The molecule has 0 radical (unpaired) electrons. The maximum atomic E-state index is 12.8. The molecule has 0 saturated carbocycles. The van der Waals surface area contributed by atoms with Gasteiger partial charge < -0.3 is 9.15 Å². The van der Waals surface area contributed by atoms with Crippen LogP contribution in [-0.2, 0) is 14.6 Å². The Balaban J connectivity index is 1.68. The molecule has 10 heteroatoms. The van der Waals surface area contributed by atoms with Crippen LogP contribution < -0.4 is 10.1 Å². The minimum atomic E-state index is -3.50. The fourth-order valence-corrected chi connectivity index (χ4v) is 3.06. The SMILES string of the molecule is CS(=O)(=O)c1ccccc1-c1nnc(NC(=O)COc2ccc(F)cc2)o1. The van der Waals surface area contributed by atoms with E-state index in [1.54, 1.807) is 12.1 Å². The Morgan fingerprint density at radius 3 is 2.56 bits per heavy atom. The molecule has 27 heavy (non-hydrogen) atoms. The number of carbonyl (C=O) groups excluding carboxylic acids is 1. The van der Waals surface area contributed by atoms with Crippen LogP contribution in [0.25, 0.3) is 11.5 Å². The fraction of sp³-hybridized carbons (Fsp3) is 0.118. The second-order valence-electron chi connectivity index (χ2n) is 5.47. The predicted molar refractivity (Wildman–Crippen MR) is 93.4 cm³/mol. The van der Waals surface area contributed by atoms with E-state index in [2.05, 4.69) is 15.5 Å². The third-order valence-corrected chi connectivity index (χ3v) is 4.53. The average Bonchev–Trinajstić information content (AvgIpc) is 3.09. The highest BCUT2D eigenvalue weighted by Crippen LogP contribution is 2.27. The van der Waals surface area contributed by atoms with E-state index in [9.17, 15) is 17.6 Å². The van der Waals surface area contributed by atoms with Crippen molar-refractivity contribution in [2.24, 2.45) is 0 Å². The molecule has 2 aromatic carbocycles. The molecule has 140 valence electrons. The number of hydrogen-bond acceptors (Lipinski definition) is 7. The van der Waals surface area contributed by atoms with Crippen molar-refractivity contribution < 1.29 is 26.8 Å². The third-order valence-electron chi connectivity index (χ3n) is 3.37. The number of rotatable bonds is 6. The highest BCUT2D eigenvalue weighted by molar-refractivity contribution is 7.90. The number of anilines is 1. The van der Waals surface area contributed by atoms with Gasteiger partial charge in [-0.15, -0.1) is 5.10 Å². The summed E-state index contributed by atoms with van der Waals surface area (Å²) >= 11 is 0. The molecule has 0 spiro atoms. The summed E-state index contributed by atoms with van der Waals surface area (Å²) in [6.07, 6.45) is 1.07. The van der Waals surface area contributed by atoms with E-state index in [0.29, 0.717) is 5.75 Å². The molecule has 0 fully saturated rings. The number of sulfone groups is 1. The van der Waals surface area contributed by atoms with Crippen molar-refractivity contribution in [3.63, 3.8) is 0 Å². The van der Waals surface area contributed by atoms with Gasteiger partial charge in [-0.1, -0.05) is 17.2 Å². The lowest BCUT2D eigenvalue weighted by atomic mass is 10.2. The zero-order valence-corrected chi connectivity index (χ0v) is 14.9. The van der Waals surface area contributed by atoms with Crippen LogP contribution in [0.3, 0.4) is 0 Å². The molecule has 1 N–H and O–H groups in total. The molecule has 3 rings (SSSR count). The molecule has 0 bridgehead atoms. The quantitative estimate of drug-likeness (QED) is 0.686. The Hall–Kier alpha value is -3.27. The number of halogens is 1. The molecule has 8 nitrogen and oxygen atoms in total. The number of amides is 1. The maximum absolute atomic E-state index is 12.8. The van der Waals surface area contributed by atoms with Crippen molar-refractivity contribution in [1.82, 2.24) is 10.2 Å². The van der Waals surface area contributed by atoms with Crippen LogP contribution in [0, 0.1) is 5.82 Å². The third kappa shape index (κ3) is 4.67. The van der Waals surface area contributed by atoms with Crippen molar-refractivity contribution >= 4 is 21.8 Å². The van der Waals surface area contributed by atoms with Gasteiger partial charge in [-0.2, -0.15) is 0 Å². The number of hydrogen-bond donors (Lipinski definition) is 1. The van der Waals surface area contributed by atoms with Crippen molar-refractivity contribution in [1.29, 1.82) is 0 Å². The van der Waals surface area contributed by atoms with Gasteiger partial charge in [-0.05, 0) is 36.4 Å². The first kappa shape index (κ1) is 18.5. The predicted octanol–water partition coefficient (Wildman–Crippen LogP) is 2.30. The minimum Gasteiger partial charge on any atom is -0.484 e. The minimum absolute atomic E-state index is 0.0335. The summed E-state index contributed by atoms with van der Waals surface area (Å²) in [4.78, 5) is 11.9. The zero-order valence-electron chi connectivity index (χ0n) is 14.0. The summed E-state index contributed by atoms with van der Waals surface area (Å²) in [6, 6.07) is 11.1. The molecule has 0 saturated heterocycles. The lowest BCUT2D eigenvalue weighted by molar-refractivity contribution is -0.118. The Bertz CT molecular complexity index is 1060. The Morgan fingerprint density at radius 1 is 1.15 bits per heavy atom. The molecular weight excluding hydrogens is 377 g/mol. The largest absolute Gasteiger partial charge is 0.484 e. The molecule has 0 aliphatic rings. The van der Waals surface area contributed by atoms with Crippen LogP contribution in [0.2, 0.25) is 0 Å². The van der Waals surface area contributed by atoms with Crippen LogP contribution in [-0.4, -0.2) is 37.4 Å². The standard InChI is InChI=1S/C17H14FN3O5S/c1-27(23,24)14-5-3-2-4-13(14)16-20-21-17(26-16)19-15(22)10-25-12-8-6-11(18)7-9-12/h2-9H,10H2,1H3,(H,19,21,22). The number of nitrogens with zero attached hydrogens (tertiary/aromatic N) is 2. The van der Waals surface area contributed by atoms with E-state index in [0.717, 1.165) is 6.26 Å². The van der Waals surface area contributed by atoms with E-state index in [4.69, 9.17) is 9.15 Å². The average molecular weight is 391 g/mol. The van der Waals surface area contributed by atoms with E-state index < -0.39 is 21.6 Å². The molecule has 0 aliphatic heterocycles. The molecule has 1 aromatic heterocycles. The summed E-state index contributed by atoms with van der Waals surface area (Å²) < 4.78 is 47.0. The smallest absolute Gasteiger partial charge is 0.322 e. The Morgan fingerprint density at radius 2 is 1.85 bits per heavy atom. The lowest BCUT2D eigenvalue weighted by Crippen LogP contribution is -2.20. The zero-order chi connectivity index (χ0) is 19.4. The fourth-order valence-electron chi connectivity index (χ4n) is 2.18. The van der Waals surface area contributed by atoms with Gasteiger partial charge in [-0.25, -0.2) is 12.8 Å². The highest BCUT2D eigenvalue weighted by atomic mass is 32.2. The summed E-state index contributed by atoms with van der Waals surface area (Å²) in [5.41, 5.74) is 0.232. The summed E-state index contributed by atoms with van der Waals surface area (Å²) in [5, 5.41) is 9.78. The van der Waals surface area contributed by atoms with Gasteiger partial charge in [0, 0.05) is 6.26 Å². The van der Waals surface area contributed by atoms with E-state index >= 15 is 0 Å². The Kier molecular flexibility index (Phi) is 5.17. The van der Waals surface area contributed by atoms with Crippen LogP contribution in [0.4, 0.5) is 10.4 Å². The van der Waals surface area contributed by atoms with Crippen molar-refractivity contribution in [2.75, 3.05) is 18.2 Å². The molecule has 1 amide bonds. The summed E-state index contributed by atoms with van der Waals surface area (Å²) in [5.74, 6) is -0.726. The van der Waals surface area contributed by atoms with Crippen molar-refractivity contribution in [2.45, 2.75) is 4.90 Å². The van der Waals surface area contributed by atoms with E-state index in [1.165, 1.54) is 36.4 Å². The molecule has 3 aromatic rings. The normalized spacial score (nSPS) is 11.2. The van der Waals surface area contributed by atoms with Gasteiger partial charge in [0.05, 0.1) is 10.5 Å². The molecular formula is C17H14FN3O5S. The van der Waals surface area contributed by atoms with Crippen LogP contribution >= 0.6 is 0 Å². The summed E-state index contributed by atoms with van der Waals surface area (Å²) in [6.45, 7) is -0.358. The van der Waals surface area contributed by atoms with Crippen molar-refractivity contribution in [3.05, 3.63) is 54.3 Å². The Labute approximate surface area is 153 Å². The second-order valence-corrected chi connectivity index (χ2v) is 7.46. The van der Waals surface area contributed by atoms with Gasteiger partial charge in [0.1, 0.15) is 11.6 Å². The lowest BCUT2D eigenvalue weighted by Gasteiger charge is -2.05. The van der Waals surface area contributed by atoms with Crippen LogP contribution in [0.5, 0.6) is 5.75 Å². The van der Waals surface area contributed by atoms with Gasteiger partial charge in [0.25, 0.3) is 11.8 Å². The molecule has 0 aliphatic carbocycles. The molecule has 0 atom stereocenters. The van der Waals surface area contributed by atoms with Gasteiger partial charge in [0.15, 0.2) is 16.4 Å². The summed E-state index contributed by atoms with van der Waals surface area (Å²) in [7, 11) is -3.50. The first-order chi connectivity index (χ1) is 12.8. The highest BCUT2D eigenvalue weighted by Gasteiger charge is 2.19. The van der Waals surface area contributed by atoms with Crippen molar-refractivity contribution in [3.8, 4) is 17.2 Å². The van der Waals surface area contributed by atoms with E-state index in [1.807, 2.05) is 0 Å². The molecule has 0 unspecified atom stereocenters. The number of benzene rings is 2. The van der Waals surface area contributed by atoms with E-state index in [-0.39, 0.29) is 29.0 Å². The van der Waals surface area contributed by atoms with Crippen LogP contribution in [0.15, 0.2) is 57.8 Å². The molecule has 1 heterocycles. The number of ether oxygens (including phenoxy) is 1. The van der Waals surface area contributed by atoms with Gasteiger partial charge in [0.2, 0.25) is 0 Å². The monoisotopic (exact) mass is 391 g/mol. The first-order valence-corrected chi connectivity index (χ1v) is 9.53. The topological polar surface area (TPSA) is 111 Å². The van der Waals surface area contributed by atoms with Gasteiger partial charge >= 0.3 is 6.01 Å². The number of aromatic nitrogens is 2. The second kappa shape index (κ2) is 7.54. The number of carbonyl (C=O) groups is 1. The van der Waals surface area contributed by atoms with Gasteiger partial charge in [-0.3, -0.25) is 10.1 Å². The first-order valence-electron chi connectivity index (χ1n) is 7.64. The number of nitrogens with one attached hydrogen (secondary N) is 1. The maximum Gasteiger partial charge on any atom is 0.322 e.